The zero-order valence-corrected chi connectivity index (χ0v) is 15.4. The lowest BCUT2D eigenvalue weighted by molar-refractivity contribution is -0.115. The van der Waals surface area contributed by atoms with Crippen molar-refractivity contribution < 1.29 is 9.21 Å². The molecule has 0 aliphatic heterocycles. The largest absolute Gasteiger partial charge is 0.464 e. The van der Waals surface area contributed by atoms with E-state index in [-0.39, 0.29) is 12.3 Å². The monoisotopic (exact) mass is 366 g/mol. The van der Waals surface area contributed by atoms with E-state index in [0.717, 1.165) is 49.6 Å². The predicted molar refractivity (Wildman–Crippen MR) is 113 cm³/mol. The normalized spacial score (nSPS) is 11.3. The first-order valence-corrected chi connectivity index (χ1v) is 9.23. The number of carbonyl (C=O) groups is 1. The number of aryl methyl sites for hydroxylation is 1. The Balaban J connectivity index is 1.51. The minimum Gasteiger partial charge on any atom is -0.464 e. The summed E-state index contributed by atoms with van der Waals surface area (Å²) >= 11 is 0. The van der Waals surface area contributed by atoms with Crippen molar-refractivity contribution in [3.8, 4) is 0 Å². The lowest BCUT2D eigenvalue weighted by atomic mass is 10.0. The molecule has 0 saturated heterocycles. The van der Waals surface area contributed by atoms with E-state index in [1.165, 1.54) is 0 Å². The van der Waals surface area contributed by atoms with Gasteiger partial charge in [-0.25, -0.2) is 0 Å². The topological polar surface area (TPSA) is 55.1 Å². The third-order valence-electron chi connectivity index (χ3n) is 5.01. The highest BCUT2D eigenvalue weighted by Gasteiger charge is 2.14. The van der Waals surface area contributed by atoms with Gasteiger partial charge in [0, 0.05) is 22.0 Å². The maximum absolute atomic E-state index is 12.8. The fourth-order valence-electron chi connectivity index (χ4n) is 3.78. The van der Waals surface area contributed by atoms with Crippen molar-refractivity contribution in [1.29, 1.82) is 0 Å². The fraction of sp³-hybridized carbons (Fsp3) is 0.0833. The zero-order valence-electron chi connectivity index (χ0n) is 15.4. The molecule has 4 nitrogen and oxygen atoms in total. The second-order valence-electron chi connectivity index (χ2n) is 6.97. The number of nitrogens with one attached hydrogen (secondary N) is 1. The number of anilines is 1. The van der Waals surface area contributed by atoms with Crippen LogP contribution < -0.4 is 5.32 Å². The SMILES string of the molecule is Cc1cc(NC(=O)Cc2coc3ccc4ccccc4c23)c2ccccc2n1. The Morgan fingerprint density at radius 2 is 1.79 bits per heavy atom. The van der Waals surface area contributed by atoms with Gasteiger partial charge in [-0.2, -0.15) is 0 Å². The Kier molecular flexibility index (Phi) is 3.83. The van der Waals surface area contributed by atoms with Gasteiger partial charge in [0.25, 0.3) is 0 Å². The Morgan fingerprint density at radius 3 is 2.68 bits per heavy atom. The number of para-hydroxylation sites is 1. The maximum atomic E-state index is 12.8. The zero-order chi connectivity index (χ0) is 19.1. The second-order valence-corrected chi connectivity index (χ2v) is 6.97. The van der Waals surface area contributed by atoms with Gasteiger partial charge in [-0.05, 0) is 35.9 Å². The molecular weight excluding hydrogens is 348 g/mol. The smallest absolute Gasteiger partial charge is 0.228 e. The van der Waals surface area contributed by atoms with Gasteiger partial charge in [-0.3, -0.25) is 9.78 Å². The summed E-state index contributed by atoms with van der Waals surface area (Å²) in [5.41, 5.74) is 4.21. The second kappa shape index (κ2) is 6.50. The third-order valence-corrected chi connectivity index (χ3v) is 5.01. The van der Waals surface area contributed by atoms with Gasteiger partial charge in [-0.15, -0.1) is 0 Å². The van der Waals surface area contributed by atoms with E-state index >= 15 is 0 Å². The summed E-state index contributed by atoms with van der Waals surface area (Å²) in [6, 6.07) is 21.9. The Morgan fingerprint density at radius 1 is 1.00 bits per heavy atom. The average molecular weight is 366 g/mol. The standard InChI is InChI=1S/C24H18N2O2/c1-15-12-21(19-8-4-5-9-20(19)25-15)26-23(27)13-17-14-28-22-11-10-16-6-2-3-7-18(16)24(17)22/h2-12,14H,13H2,1H3,(H,25,26,27). The number of rotatable bonds is 3. The van der Waals surface area contributed by atoms with E-state index in [4.69, 9.17) is 4.42 Å². The van der Waals surface area contributed by atoms with Crippen LogP contribution in [0, 0.1) is 6.92 Å². The highest BCUT2D eigenvalue weighted by Crippen LogP contribution is 2.30. The molecular formula is C24H18N2O2. The van der Waals surface area contributed by atoms with E-state index < -0.39 is 0 Å². The van der Waals surface area contributed by atoms with Crippen LogP contribution in [0.5, 0.6) is 0 Å². The highest BCUT2D eigenvalue weighted by molar-refractivity contribution is 6.09. The number of hydrogen-bond acceptors (Lipinski definition) is 3. The molecule has 5 aromatic rings. The molecule has 0 atom stereocenters. The quantitative estimate of drug-likeness (QED) is 0.451. The lowest BCUT2D eigenvalue weighted by Gasteiger charge is -2.09. The first-order valence-electron chi connectivity index (χ1n) is 9.23. The summed E-state index contributed by atoms with van der Waals surface area (Å²) in [5.74, 6) is -0.0774. The number of aromatic nitrogens is 1. The average Bonchev–Trinajstić information content (AvgIpc) is 3.11. The molecule has 136 valence electrons. The molecule has 0 saturated carbocycles. The number of carbonyl (C=O) groups excluding carboxylic acids is 1. The molecule has 3 aromatic carbocycles. The Hall–Kier alpha value is -3.66. The van der Waals surface area contributed by atoms with E-state index in [2.05, 4.69) is 22.4 Å². The molecule has 0 aliphatic carbocycles. The molecule has 0 bridgehead atoms. The number of benzene rings is 3. The van der Waals surface area contributed by atoms with Crippen LogP contribution in [0.1, 0.15) is 11.3 Å². The van der Waals surface area contributed by atoms with Crippen LogP contribution in [-0.4, -0.2) is 10.9 Å². The van der Waals surface area contributed by atoms with Crippen molar-refractivity contribution in [2.24, 2.45) is 0 Å². The van der Waals surface area contributed by atoms with Crippen LogP contribution in [0.2, 0.25) is 0 Å². The number of furan rings is 1. The van der Waals surface area contributed by atoms with E-state index in [1.807, 2.05) is 61.5 Å². The van der Waals surface area contributed by atoms with Crippen molar-refractivity contribution in [2.45, 2.75) is 13.3 Å². The van der Waals surface area contributed by atoms with Crippen molar-refractivity contribution >= 4 is 44.2 Å². The van der Waals surface area contributed by atoms with Crippen LogP contribution in [0.3, 0.4) is 0 Å². The van der Waals surface area contributed by atoms with Crippen molar-refractivity contribution in [3.05, 3.63) is 84.3 Å². The molecule has 2 aromatic heterocycles. The molecule has 0 aliphatic rings. The van der Waals surface area contributed by atoms with Crippen LogP contribution in [0.25, 0.3) is 32.6 Å². The minimum absolute atomic E-state index is 0.0774. The first-order chi connectivity index (χ1) is 13.7. The van der Waals surface area contributed by atoms with Gasteiger partial charge in [0.1, 0.15) is 5.58 Å². The van der Waals surface area contributed by atoms with Gasteiger partial charge in [0.05, 0.1) is 23.9 Å². The van der Waals surface area contributed by atoms with E-state index in [9.17, 15) is 4.79 Å². The molecule has 2 heterocycles. The van der Waals surface area contributed by atoms with Gasteiger partial charge in [-0.1, -0.05) is 48.5 Å². The highest BCUT2D eigenvalue weighted by atomic mass is 16.3. The van der Waals surface area contributed by atoms with Crippen molar-refractivity contribution in [1.82, 2.24) is 4.98 Å². The van der Waals surface area contributed by atoms with E-state index in [0.29, 0.717) is 0 Å². The summed E-state index contributed by atoms with van der Waals surface area (Å²) in [5, 5.41) is 7.23. The summed E-state index contributed by atoms with van der Waals surface area (Å²) in [4.78, 5) is 17.4. The fourth-order valence-corrected chi connectivity index (χ4v) is 3.78. The molecule has 0 unspecified atom stereocenters. The minimum atomic E-state index is -0.0774. The van der Waals surface area contributed by atoms with Gasteiger partial charge < -0.3 is 9.73 Å². The van der Waals surface area contributed by atoms with Crippen LogP contribution >= 0.6 is 0 Å². The molecule has 28 heavy (non-hydrogen) atoms. The number of hydrogen-bond donors (Lipinski definition) is 1. The summed E-state index contributed by atoms with van der Waals surface area (Å²) in [7, 11) is 0. The molecule has 5 rings (SSSR count). The molecule has 0 spiro atoms. The third kappa shape index (κ3) is 2.79. The summed E-state index contributed by atoms with van der Waals surface area (Å²) in [6.45, 7) is 1.93. The number of nitrogens with zero attached hydrogens (tertiary/aromatic N) is 1. The Bertz CT molecular complexity index is 1350. The van der Waals surface area contributed by atoms with E-state index in [1.54, 1.807) is 6.26 Å². The van der Waals surface area contributed by atoms with Gasteiger partial charge >= 0.3 is 0 Å². The molecule has 4 heteroatoms. The Labute approximate surface area is 161 Å². The van der Waals surface area contributed by atoms with Crippen LogP contribution in [-0.2, 0) is 11.2 Å². The van der Waals surface area contributed by atoms with Gasteiger partial charge in [0.15, 0.2) is 0 Å². The number of amides is 1. The van der Waals surface area contributed by atoms with Crippen molar-refractivity contribution in [2.75, 3.05) is 5.32 Å². The van der Waals surface area contributed by atoms with Gasteiger partial charge in [0.2, 0.25) is 5.91 Å². The molecule has 1 N–H and O–H groups in total. The summed E-state index contributed by atoms with van der Waals surface area (Å²) in [6.07, 6.45) is 1.93. The maximum Gasteiger partial charge on any atom is 0.228 e. The number of pyridine rings is 1. The lowest BCUT2D eigenvalue weighted by Crippen LogP contribution is -2.14. The molecule has 0 radical (unpaired) electrons. The van der Waals surface area contributed by atoms with Crippen LogP contribution in [0.4, 0.5) is 5.69 Å². The van der Waals surface area contributed by atoms with Crippen molar-refractivity contribution in [3.63, 3.8) is 0 Å². The molecule has 1 amide bonds. The van der Waals surface area contributed by atoms with Crippen LogP contribution in [0.15, 0.2) is 77.4 Å². The molecule has 0 fully saturated rings. The predicted octanol–water partition coefficient (Wildman–Crippen LogP) is 5.62. The first kappa shape index (κ1) is 16.5. The summed E-state index contributed by atoms with van der Waals surface area (Å²) < 4.78 is 5.71. The number of fused-ring (bicyclic) bond motifs is 4.